The van der Waals surface area contributed by atoms with E-state index in [1.807, 2.05) is 6.92 Å². The van der Waals surface area contributed by atoms with Gasteiger partial charge in [0.2, 0.25) is 6.61 Å². The molecule has 6 nitrogen and oxygen atoms in total. The highest BCUT2D eigenvalue weighted by molar-refractivity contribution is 9.10. The van der Waals surface area contributed by atoms with E-state index in [9.17, 15) is 4.79 Å². The number of carboxylic acid groups (broad SMARTS) is 1. The van der Waals surface area contributed by atoms with Gasteiger partial charge in [0.15, 0.2) is 5.76 Å². The molecule has 0 saturated heterocycles. The van der Waals surface area contributed by atoms with Gasteiger partial charge in [-0.25, -0.2) is 4.79 Å². The lowest BCUT2D eigenvalue weighted by atomic mass is 10.2. The predicted octanol–water partition coefficient (Wildman–Crippen LogP) is 2.04. The first-order valence-corrected chi connectivity index (χ1v) is 5.46. The van der Waals surface area contributed by atoms with Crippen LogP contribution in [0.4, 0.5) is 0 Å². The van der Waals surface area contributed by atoms with E-state index in [1.165, 1.54) is 0 Å². The summed E-state index contributed by atoms with van der Waals surface area (Å²) < 4.78 is 5.54. The maximum atomic E-state index is 10.2. The molecule has 0 spiro atoms. The monoisotopic (exact) mass is 290 g/mol. The fraction of sp³-hybridized carbons (Fsp3) is 0.444. The molecule has 0 fully saturated rings. The van der Waals surface area contributed by atoms with E-state index in [0.717, 1.165) is 6.42 Å². The molecule has 0 radical (unpaired) electrons. The van der Waals surface area contributed by atoms with Crippen molar-refractivity contribution in [3.8, 4) is 0 Å². The lowest BCUT2D eigenvalue weighted by Gasteiger charge is -1.99. The molecule has 16 heavy (non-hydrogen) atoms. The fourth-order valence-corrected chi connectivity index (χ4v) is 1.29. The lowest BCUT2D eigenvalue weighted by molar-refractivity contribution is -0.142. The fourth-order valence-electron chi connectivity index (χ4n) is 1.01. The average molecular weight is 291 g/mol. The Bertz CT molecular complexity index is 389. The van der Waals surface area contributed by atoms with E-state index in [-0.39, 0.29) is 0 Å². The molecule has 0 saturated carbocycles. The van der Waals surface area contributed by atoms with Gasteiger partial charge in [0.25, 0.3) is 0 Å². The van der Waals surface area contributed by atoms with Gasteiger partial charge < -0.3 is 14.5 Å². The topological polar surface area (TPSA) is 84.9 Å². The summed E-state index contributed by atoms with van der Waals surface area (Å²) in [5.74, 6) is -0.600. The van der Waals surface area contributed by atoms with Gasteiger partial charge in [0, 0.05) is 6.07 Å². The van der Waals surface area contributed by atoms with E-state index < -0.39 is 12.6 Å². The van der Waals surface area contributed by atoms with Gasteiger partial charge in [-0.1, -0.05) is 23.7 Å². The van der Waals surface area contributed by atoms with Gasteiger partial charge in [0.1, 0.15) is 10.3 Å². The Kier molecular flexibility index (Phi) is 4.97. The summed E-state index contributed by atoms with van der Waals surface area (Å²) in [5.41, 5.74) is 0.543. The highest BCUT2D eigenvalue weighted by Gasteiger charge is 2.10. The van der Waals surface area contributed by atoms with Crippen LogP contribution in [0.5, 0.6) is 0 Å². The van der Waals surface area contributed by atoms with Gasteiger partial charge >= 0.3 is 5.97 Å². The minimum absolute atomic E-state index is 0.470. The zero-order chi connectivity index (χ0) is 12.0. The van der Waals surface area contributed by atoms with Crippen LogP contribution >= 0.6 is 15.9 Å². The van der Waals surface area contributed by atoms with Crippen molar-refractivity contribution in [2.45, 2.75) is 19.8 Å². The Morgan fingerprint density at radius 3 is 3.00 bits per heavy atom. The second-order valence-electron chi connectivity index (χ2n) is 2.97. The summed E-state index contributed by atoms with van der Waals surface area (Å²) in [4.78, 5) is 14.9. The zero-order valence-electron chi connectivity index (χ0n) is 8.64. The van der Waals surface area contributed by atoms with E-state index in [1.54, 1.807) is 6.07 Å². The van der Waals surface area contributed by atoms with Gasteiger partial charge in [-0.15, -0.1) is 0 Å². The van der Waals surface area contributed by atoms with E-state index >= 15 is 0 Å². The summed E-state index contributed by atoms with van der Waals surface area (Å²) in [6, 6.07) is 1.65. The highest BCUT2D eigenvalue weighted by Crippen LogP contribution is 2.13. The van der Waals surface area contributed by atoms with Crippen molar-refractivity contribution < 1.29 is 19.3 Å². The Morgan fingerprint density at radius 2 is 2.50 bits per heavy atom. The van der Waals surface area contributed by atoms with Gasteiger partial charge in [-0.3, -0.25) is 0 Å². The highest BCUT2D eigenvalue weighted by atomic mass is 79.9. The average Bonchev–Trinajstić information content (AvgIpc) is 2.63. The maximum Gasteiger partial charge on any atom is 0.344 e. The Hall–Kier alpha value is -1.37. The van der Waals surface area contributed by atoms with Crippen LogP contribution in [0.2, 0.25) is 0 Å². The third-order valence-electron chi connectivity index (χ3n) is 1.62. The minimum atomic E-state index is -1.07. The van der Waals surface area contributed by atoms with Crippen LogP contribution in [0.1, 0.15) is 25.5 Å². The summed E-state index contributed by atoms with van der Waals surface area (Å²) in [5, 5.41) is 15.8. The first-order valence-electron chi connectivity index (χ1n) is 4.66. The second-order valence-corrected chi connectivity index (χ2v) is 3.78. The van der Waals surface area contributed by atoms with Crippen LogP contribution in [0, 0.1) is 0 Å². The van der Waals surface area contributed by atoms with Crippen LogP contribution in [-0.2, 0) is 9.63 Å². The Balaban J connectivity index is 2.70. The predicted molar refractivity (Wildman–Crippen MR) is 59.2 cm³/mol. The molecular formula is C9H11BrN2O4. The number of hydrogen-bond acceptors (Lipinski definition) is 5. The molecule has 0 atom stereocenters. The normalized spacial score (nSPS) is 11.5. The number of rotatable bonds is 6. The largest absolute Gasteiger partial charge is 0.479 e. The molecule has 1 aromatic rings. The summed E-state index contributed by atoms with van der Waals surface area (Å²) >= 11 is 3.15. The van der Waals surface area contributed by atoms with Gasteiger partial charge in [-0.2, -0.15) is 0 Å². The van der Waals surface area contributed by atoms with Crippen molar-refractivity contribution in [3.05, 3.63) is 16.4 Å². The number of hydrogen-bond donors (Lipinski definition) is 1. The molecule has 0 amide bonds. The Morgan fingerprint density at radius 1 is 1.75 bits per heavy atom. The molecular weight excluding hydrogens is 280 g/mol. The minimum Gasteiger partial charge on any atom is -0.479 e. The second kappa shape index (κ2) is 6.26. The first kappa shape index (κ1) is 12.7. The van der Waals surface area contributed by atoms with Crippen molar-refractivity contribution in [1.82, 2.24) is 5.16 Å². The number of halogens is 1. The van der Waals surface area contributed by atoms with E-state index in [0.29, 0.717) is 22.5 Å². The molecule has 7 heteroatoms. The molecule has 0 aliphatic rings. The van der Waals surface area contributed by atoms with Crippen LogP contribution in [-0.4, -0.2) is 28.6 Å². The third kappa shape index (κ3) is 4.01. The third-order valence-corrected chi connectivity index (χ3v) is 1.99. The molecule has 0 aromatic carbocycles. The smallest absolute Gasteiger partial charge is 0.344 e. The summed E-state index contributed by atoms with van der Waals surface area (Å²) in [6.45, 7) is 1.50. The first-order chi connectivity index (χ1) is 7.63. The summed E-state index contributed by atoms with van der Waals surface area (Å²) in [7, 11) is 0. The molecule has 1 aromatic heterocycles. The van der Waals surface area contributed by atoms with Crippen molar-refractivity contribution in [1.29, 1.82) is 0 Å². The molecule has 1 heterocycles. The van der Waals surface area contributed by atoms with Gasteiger partial charge in [0.05, 0.1) is 0 Å². The molecule has 0 aliphatic heterocycles. The molecule has 0 bridgehead atoms. The standard InChI is InChI=1S/C9H11BrN2O4/c1-2-3-6(11-15-5-9(13)14)7-4-8(10)12-16-7/h4H,2-3,5H2,1H3,(H,13,14)/b11-6-. The number of aromatic nitrogens is 1. The van der Waals surface area contributed by atoms with Crippen LogP contribution in [0.3, 0.4) is 0 Å². The van der Waals surface area contributed by atoms with Crippen LogP contribution in [0.25, 0.3) is 0 Å². The lowest BCUT2D eigenvalue weighted by Crippen LogP contribution is -2.06. The Labute approximate surface area is 100 Å². The maximum absolute atomic E-state index is 10.2. The zero-order valence-corrected chi connectivity index (χ0v) is 10.2. The molecule has 0 aliphatic carbocycles. The number of carbonyl (C=O) groups is 1. The van der Waals surface area contributed by atoms with Crippen molar-refractivity contribution >= 4 is 27.6 Å². The van der Waals surface area contributed by atoms with E-state index in [4.69, 9.17) is 9.63 Å². The van der Waals surface area contributed by atoms with Crippen LogP contribution in [0.15, 0.2) is 20.3 Å². The number of oxime groups is 1. The van der Waals surface area contributed by atoms with Crippen molar-refractivity contribution in [2.24, 2.45) is 5.16 Å². The van der Waals surface area contributed by atoms with Gasteiger partial charge in [-0.05, 0) is 22.4 Å². The molecule has 1 rings (SSSR count). The number of nitrogens with zero attached hydrogens (tertiary/aromatic N) is 2. The molecule has 1 N–H and O–H groups in total. The number of carboxylic acids is 1. The SMILES string of the molecule is CCC/C(=N/OCC(=O)O)c1cc(Br)no1. The summed E-state index contributed by atoms with van der Waals surface area (Å²) in [6.07, 6.45) is 1.47. The molecule has 0 unspecified atom stereocenters. The quantitative estimate of drug-likeness (QED) is 0.640. The van der Waals surface area contributed by atoms with Crippen LogP contribution < -0.4 is 0 Å². The van der Waals surface area contributed by atoms with Crippen molar-refractivity contribution in [2.75, 3.05) is 6.61 Å². The van der Waals surface area contributed by atoms with E-state index in [2.05, 4.69) is 31.1 Å². The van der Waals surface area contributed by atoms with Crippen molar-refractivity contribution in [3.63, 3.8) is 0 Å². The number of aliphatic carboxylic acids is 1. The molecule has 88 valence electrons.